The van der Waals surface area contributed by atoms with Crippen molar-refractivity contribution in [1.29, 1.82) is 0 Å². The first-order chi connectivity index (χ1) is 11.6. The van der Waals surface area contributed by atoms with Crippen molar-refractivity contribution in [3.8, 4) is 11.5 Å². The fraction of sp³-hybridized carbons (Fsp3) is 0.222. The third-order valence-corrected chi connectivity index (χ3v) is 3.46. The third-order valence-electron chi connectivity index (χ3n) is 3.46. The smallest absolute Gasteiger partial charge is 0.340 e. The molecule has 0 spiro atoms. The molecular weight excluding hydrogens is 310 g/mol. The summed E-state index contributed by atoms with van der Waals surface area (Å²) in [5.41, 5.74) is 1.33. The highest BCUT2D eigenvalue weighted by molar-refractivity contribution is 6.02. The quantitative estimate of drug-likeness (QED) is 0.622. The van der Waals surface area contributed by atoms with E-state index in [-0.39, 0.29) is 12.4 Å². The summed E-state index contributed by atoms with van der Waals surface area (Å²) in [7, 11) is 4.69. The Morgan fingerprint density at radius 3 is 2.42 bits per heavy atom. The topological polar surface area (TPSA) is 73.9 Å². The van der Waals surface area contributed by atoms with Gasteiger partial charge < -0.3 is 19.5 Å². The first kappa shape index (κ1) is 17.3. The van der Waals surface area contributed by atoms with Gasteiger partial charge in [0.05, 0.1) is 25.3 Å². The molecule has 0 aliphatic carbocycles. The van der Waals surface area contributed by atoms with Crippen LogP contribution in [0.4, 0.5) is 5.69 Å². The van der Waals surface area contributed by atoms with Crippen molar-refractivity contribution < 1.29 is 23.8 Å². The molecule has 0 radical (unpaired) electrons. The molecule has 0 aliphatic rings. The lowest BCUT2D eigenvalue weighted by atomic mass is 10.1. The van der Waals surface area contributed by atoms with Gasteiger partial charge in [-0.25, -0.2) is 4.79 Å². The molecule has 0 fully saturated rings. The standard InChI is InChI=1S/C18H19NO5/c1-19-15-7-5-4-6-13(15)18(21)24-11-16(20)14-9-8-12(22-2)10-17(14)23-3/h4-10,19H,11H2,1-3H3. The van der Waals surface area contributed by atoms with E-state index in [1.54, 1.807) is 49.5 Å². The minimum Gasteiger partial charge on any atom is -0.497 e. The maximum absolute atomic E-state index is 12.3. The van der Waals surface area contributed by atoms with E-state index in [0.717, 1.165) is 0 Å². The number of esters is 1. The number of rotatable bonds is 7. The highest BCUT2D eigenvalue weighted by Gasteiger charge is 2.17. The first-order valence-corrected chi connectivity index (χ1v) is 7.29. The maximum Gasteiger partial charge on any atom is 0.340 e. The number of Topliss-reactive ketones (excluding diaryl/α,β-unsaturated/α-hetero) is 1. The van der Waals surface area contributed by atoms with Crippen LogP contribution in [0.1, 0.15) is 20.7 Å². The van der Waals surface area contributed by atoms with E-state index in [0.29, 0.717) is 28.3 Å². The van der Waals surface area contributed by atoms with Gasteiger partial charge in [-0.15, -0.1) is 0 Å². The number of methoxy groups -OCH3 is 2. The van der Waals surface area contributed by atoms with Gasteiger partial charge in [-0.3, -0.25) is 4.79 Å². The summed E-state index contributed by atoms with van der Waals surface area (Å²) in [5.74, 6) is 0.0138. The summed E-state index contributed by atoms with van der Waals surface area (Å²) in [6.45, 7) is -0.375. The van der Waals surface area contributed by atoms with Crippen LogP contribution < -0.4 is 14.8 Å². The number of ether oxygens (including phenoxy) is 3. The molecule has 0 amide bonds. The third kappa shape index (κ3) is 3.84. The summed E-state index contributed by atoms with van der Waals surface area (Å²) in [4.78, 5) is 24.4. The molecule has 2 rings (SSSR count). The molecule has 0 saturated heterocycles. The van der Waals surface area contributed by atoms with E-state index in [4.69, 9.17) is 14.2 Å². The summed E-state index contributed by atoms with van der Waals surface area (Å²) < 4.78 is 15.4. The van der Waals surface area contributed by atoms with Gasteiger partial charge in [0.2, 0.25) is 5.78 Å². The van der Waals surface area contributed by atoms with E-state index in [2.05, 4.69) is 5.32 Å². The van der Waals surface area contributed by atoms with E-state index in [9.17, 15) is 9.59 Å². The van der Waals surface area contributed by atoms with Gasteiger partial charge in [-0.05, 0) is 24.3 Å². The zero-order valence-corrected chi connectivity index (χ0v) is 13.8. The van der Waals surface area contributed by atoms with Crippen LogP contribution in [0, 0.1) is 0 Å². The van der Waals surface area contributed by atoms with Gasteiger partial charge in [0, 0.05) is 18.8 Å². The van der Waals surface area contributed by atoms with Crippen molar-refractivity contribution in [2.24, 2.45) is 0 Å². The molecule has 6 nitrogen and oxygen atoms in total. The number of hydrogen-bond donors (Lipinski definition) is 1. The molecule has 0 bridgehead atoms. The van der Waals surface area contributed by atoms with E-state index < -0.39 is 5.97 Å². The van der Waals surface area contributed by atoms with E-state index in [1.807, 2.05) is 0 Å². The highest BCUT2D eigenvalue weighted by atomic mass is 16.5. The van der Waals surface area contributed by atoms with Crippen LogP contribution in [0.5, 0.6) is 11.5 Å². The lowest BCUT2D eigenvalue weighted by Crippen LogP contribution is -2.16. The van der Waals surface area contributed by atoms with Crippen LogP contribution in [-0.2, 0) is 4.74 Å². The largest absolute Gasteiger partial charge is 0.497 e. The Bertz CT molecular complexity index is 742. The Hall–Kier alpha value is -3.02. The second-order valence-electron chi connectivity index (χ2n) is 4.86. The Kier molecular flexibility index (Phi) is 5.78. The average molecular weight is 329 g/mol. The van der Waals surface area contributed by atoms with Crippen LogP contribution >= 0.6 is 0 Å². The number of nitrogens with one attached hydrogen (secondary N) is 1. The van der Waals surface area contributed by atoms with Crippen LogP contribution in [0.3, 0.4) is 0 Å². The van der Waals surface area contributed by atoms with Gasteiger partial charge in [-0.1, -0.05) is 12.1 Å². The molecule has 24 heavy (non-hydrogen) atoms. The Morgan fingerprint density at radius 1 is 1.00 bits per heavy atom. The number of ketones is 1. The zero-order chi connectivity index (χ0) is 17.5. The van der Waals surface area contributed by atoms with Crippen molar-refractivity contribution in [2.45, 2.75) is 0 Å². The van der Waals surface area contributed by atoms with Crippen molar-refractivity contribution in [3.05, 3.63) is 53.6 Å². The molecule has 0 atom stereocenters. The van der Waals surface area contributed by atoms with Crippen LogP contribution in [0.25, 0.3) is 0 Å². The van der Waals surface area contributed by atoms with Crippen LogP contribution in [-0.4, -0.2) is 39.6 Å². The molecule has 6 heteroatoms. The number of anilines is 1. The maximum atomic E-state index is 12.3. The van der Waals surface area contributed by atoms with Crippen molar-refractivity contribution in [2.75, 3.05) is 33.2 Å². The fourth-order valence-corrected chi connectivity index (χ4v) is 2.19. The molecule has 0 saturated carbocycles. The Labute approximate surface area is 140 Å². The minimum atomic E-state index is -0.569. The molecule has 0 aliphatic heterocycles. The average Bonchev–Trinajstić information content (AvgIpc) is 2.65. The van der Waals surface area contributed by atoms with Gasteiger partial charge in [0.25, 0.3) is 0 Å². The molecule has 1 N–H and O–H groups in total. The molecule has 2 aromatic rings. The van der Waals surface area contributed by atoms with Gasteiger partial charge >= 0.3 is 5.97 Å². The molecule has 0 unspecified atom stereocenters. The second-order valence-corrected chi connectivity index (χ2v) is 4.86. The minimum absolute atomic E-state index is 0.327. The molecule has 0 aromatic heterocycles. The monoisotopic (exact) mass is 329 g/mol. The summed E-state index contributed by atoms with van der Waals surface area (Å²) in [6, 6.07) is 11.7. The molecule has 126 valence electrons. The summed E-state index contributed by atoms with van der Waals surface area (Å²) in [5, 5.41) is 2.91. The molecular formula is C18H19NO5. The van der Waals surface area contributed by atoms with Crippen LogP contribution in [0.15, 0.2) is 42.5 Å². The summed E-state index contributed by atoms with van der Waals surface area (Å²) >= 11 is 0. The number of hydrogen-bond acceptors (Lipinski definition) is 6. The van der Waals surface area contributed by atoms with Crippen molar-refractivity contribution >= 4 is 17.4 Å². The van der Waals surface area contributed by atoms with E-state index in [1.165, 1.54) is 14.2 Å². The normalized spacial score (nSPS) is 9.96. The van der Waals surface area contributed by atoms with Gasteiger partial charge in [0.15, 0.2) is 6.61 Å². The Balaban J connectivity index is 2.09. The van der Waals surface area contributed by atoms with Crippen molar-refractivity contribution in [3.63, 3.8) is 0 Å². The fourth-order valence-electron chi connectivity index (χ4n) is 2.19. The number of carbonyl (C=O) groups excluding carboxylic acids is 2. The number of para-hydroxylation sites is 1. The first-order valence-electron chi connectivity index (χ1n) is 7.29. The predicted molar refractivity (Wildman–Crippen MR) is 90.1 cm³/mol. The summed E-state index contributed by atoms with van der Waals surface area (Å²) in [6.07, 6.45) is 0. The number of benzene rings is 2. The van der Waals surface area contributed by atoms with Gasteiger partial charge in [0.1, 0.15) is 11.5 Å². The lowest BCUT2D eigenvalue weighted by Gasteiger charge is -2.11. The highest BCUT2D eigenvalue weighted by Crippen LogP contribution is 2.25. The molecule has 2 aromatic carbocycles. The van der Waals surface area contributed by atoms with Crippen molar-refractivity contribution in [1.82, 2.24) is 0 Å². The number of carbonyl (C=O) groups is 2. The SMILES string of the molecule is CNc1ccccc1C(=O)OCC(=O)c1ccc(OC)cc1OC. The Morgan fingerprint density at radius 2 is 1.75 bits per heavy atom. The second kappa shape index (κ2) is 8.01. The van der Waals surface area contributed by atoms with E-state index >= 15 is 0 Å². The van der Waals surface area contributed by atoms with Gasteiger partial charge in [-0.2, -0.15) is 0 Å². The van der Waals surface area contributed by atoms with Crippen LogP contribution in [0.2, 0.25) is 0 Å². The predicted octanol–water partition coefficient (Wildman–Crippen LogP) is 2.79. The lowest BCUT2D eigenvalue weighted by molar-refractivity contribution is 0.0475. The zero-order valence-electron chi connectivity index (χ0n) is 13.8. The molecule has 0 heterocycles.